The lowest BCUT2D eigenvalue weighted by Gasteiger charge is -2.05. The summed E-state index contributed by atoms with van der Waals surface area (Å²) in [4.78, 5) is 8.02. The van der Waals surface area contributed by atoms with Crippen molar-refractivity contribution in [3.8, 4) is 17.6 Å². The van der Waals surface area contributed by atoms with Gasteiger partial charge >= 0.3 is 0 Å². The molecule has 4 nitrogen and oxygen atoms in total. The highest BCUT2D eigenvalue weighted by Gasteiger charge is 2.03. The number of hydrogen-bond donors (Lipinski definition) is 1. The van der Waals surface area contributed by atoms with Crippen molar-refractivity contribution >= 4 is 0 Å². The van der Waals surface area contributed by atoms with Crippen LogP contribution in [0.5, 0.6) is 5.75 Å². The summed E-state index contributed by atoms with van der Waals surface area (Å²) in [5, 5.41) is 0. The standard InChI is InChI=1S/C14H12FN3O/c15-13-9-12(5-4-11(13)3-1-6-16)19-10-14-17-7-2-8-18-14/h2,4-5,7-9H,6,10,16H2. The first-order valence-electron chi connectivity index (χ1n) is 5.67. The highest BCUT2D eigenvalue weighted by atomic mass is 19.1. The van der Waals surface area contributed by atoms with Gasteiger partial charge in [-0.2, -0.15) is 0 Å². The molecule has 1 heterocycles. The predicted octanol–water partition coefficient (Wildman–Crippen LogP) is 1.50. The topological polar surface area (TPSA) is 61.0 Å². The Kier molecular flexibility index (Phi) is 4.43. The third-order valence-electron chi connectivity index (χ3n) is 2.25. The lowest BCUT2D eigenvalue weighted by atomic mass is 10.2. The average Bonchev–Trinajstić information content (AvgIpc) is 2.45. The number of halogens is 1. The van der Waals surface area contributed by atoms with E-state index in [1.165, 1.54) is 6.07 Å². The second-order valence-corrected chi connectivity index (χ2v) is 3.60. The Morgan fingerprint density at radius 1 is 1.26 bits per heavy atom. The first-order chi connectivity index (χ1) is 9.29. The maximum Gasteiger partial charge on any atom is 0.166 e. The van der Waals surface area contributed by atoms with Gasteiger partial charge in [0.2, 0.25) is 0 Å². The summed E-state index contributed by atoms with van der Waals surface area (Å²) < 4.78 is 19.0. The minimum atomic E-state index is -0.438. The van der Waals surface area contributed by atoms with E-state index in [-0.39, 0.29) is 13.2 Å². The molecule has 0 saturated heterocycles. The van der Waals surface area contributed by atoms with Gasteiger partial charge in [-0.25, -0.2) is 14.4 Å². The van der Waals surface area contributed by atoms with Gasteiger partial charge in [0.15, 0.2) is 5.82 Å². The predicted molar refractivity (Wildman–Crippen MR) is 68.7 cm³/mol. The summed E-state index contributed by atoms with van der Waals surface area (Å²) in [5.41, 5.74) is 5.53. The van der Waals surface area contributed by atoms with Crippen molar-refractivity contribution in [2.75, 3.05) is 6.54 Å². The first kappa shape index (κ1) is 13.0. The molecule has 0 unspecified atom stereocenters. The molecule has 0 amide bonds. The van der Waals surface area contributed by atoms with Crippen LogP contribution in [0.15, 0.2) is 36.7 Å². The van der Waals surface area contributed by atoms with E-state index in [0.717, 1.165) is 0 Å². The molecule has 0 spiro atoms. The summed E-state index contributed by atoms with van der Waals surface area (Å²) in [5.74, 6) is 5.75. The van der Waals surface area contributed by atoms with E-state index in [1.807, 2.05) is 0 Å². The minimum Gasteiger partial charge on any atom is -0.486 e. The highest BCUT2D eigenvalue weighted by molar-refractivity contribution is 5.39. The Morgan fingerprint density at radius 3 is 2.74 bits per heavy atom. The Labute approximate surface area is 110 Å². The molecule has 19 heavy (non-hydrogen) atoms. The molecule has 5 heteroatoms. The maximum atomic E-state index is 13.6. The number of benzene rings is 1. The van der Waals surface area contributed by atoms with E-state index >= 15 is 0 Å². The van der Waals surface area contributed by atoms with Crippen LogP contribution in [0.25, 0.3) is 0 Å². The van der Waals surface area contributed by atoms with Gasteiger partial charge in [0, 0.05) is 18.5 Å². The minimum absolute atomic E-state index is 0.189. The molecule has 0 aliphatic heterocycles. The van der Waals surface area contributed by atoms with Gasteiger partial charge < -0.3 is 10.5 Å². The Bertz CT molecular complexity index is 605. The van der Waals surface area contributed by atoms with Crippen molar-refractivity contribution in [2.24, 2.45) is 5.73 Å². The molecule has 0 fully saturated rings. The molecule has 0 aliphatic rings. The Hall–Kier alpha value is -2.45. The molecule has 96 valence electrons. The first-order valence-corrected chi connectivity index (χ1v) is 5.67. The van der Waals surface area contributed by atoms with E-state index in [4.69, 9.17) is 10.5 Å². The monoisotopic (exact) mass is 257 g/mol. The van der Waals surface area contributed by atoms with Crippen molar-refractivity contribution < 1.29 is 9.13 Å². The number of hydrogen-bond acceptors (Lipinski definition) is 4. The van der Waals surface area contributed by atoms with Crippen molar-refractivity contribution in [2.45, 2.75) is 6.61 Å². The third-order valence-corrected chi connectivity index (χ3v) is 2.25. The second kappa shape index (κ2) is 6.47. The molecule has 0 bridgehead atoms. The summed E-state index contributed by atoms with van der Waals surface area (Å²) in [6.07, 6.45) is 3.25. The SMILES string of the molecule is NCC#Cc1ccc(OCc2ncccn2)cc1F. The van der Waals surface area contributed by atoms with Crippen LogP contribution in [0.4, 0.5) is 4.39 Å². The van der Waals surface area contributed by atoms with Crippen molar-refractivity contribution in [3.63, 3.8) is 0 Å². The number of aromatic nitrogens is 2. The van der Waals surface area contributed by atoms with E-state index in [2.05, 4.69) is 21.8 Å². The van der Waals surface area contributed by atoms with Crippen molar-refractivity contribution in [1.82, 2.24) is 9.97 Å². The summed E-state index contributed by atoms with van der Waals surface area (Å²) in [6.45, 7) is 0.386. The molecule has 2 rings (SSSR count). The van der Waals surface area contributed by atoms with E-state index < -0.39 is 5.82 Å². The molecule has 1 aromatic carbocycles. The number of nitrogens with two attached hydrogens (primary N) is 1. The molecule has 1 aromatic heterocycles. The summed E-state index contributed by atoms with van der Waals surface area (Å²) in [6, 6.07) is 6.20. The van der Waals surface area contributed by atoms with Crippen LogP contribution in [-0.4, -0.2) is 16.5 Å². The molecular formula is C14H12FN3O. The average molecular weight is 257 g/mol. The van der Waals surface area contributed by atoms with Crippen LogP contribution >= 0.6 is 0 Å². The Balaban J connectivity index is 2.04. The van der Waals surface area contributed by atoms with Crippen LogP contribution in [0.1, 0.15) is 11.4 Å². The number of rotatable bonds is 3. The van der Waals surface area contributed by atoms with Crippen LogP contribution in [0.3, 0.4) is 0 Å². The van der Waals surface area contributed by atoms with Gasteiger partial charge in [-0.3, -0.25) is 0 Å². The molecule has 0 saturated carbocycles. The number of ether oxygens (including phenoxy) is 1. The van der Waals surface area contributed by atoms with Crippen LogP contribution < -0.4 is 10.5 Å². The lowest BCUT2D eigenvalue weighted by Crippen LogP contribution is -2.01. The lowest BCUT2D eigenvalue weighted by molar-refractivity contribution is 0.294. The normalized spacial score (nSPS) is 9.58. The van der Waals surface area contributed by atoms with E-state index in [0.29, 0.717) is 17.1 Å². The Morgan fingerprint density at radius 2 is 2.05 bits per heavy atom. The van der Waals surface area contributed by atoms with Crippen molar-refractivity contribution in [3.05, 3.63) is 53.9 Å². The summed E-state index contributed by atoms with van der Waals surface area (Å²) in [7, 11) is 0. The molecule has 0 radical (unpaired) electrons. The van der Waals surface area contributed by atoms with Gasteiger partial charge in [0.05, 0.1) is 12.1 Å². The largest absolute Gasteiger partial charge is 0.486 e. The fraction of sp³-hybridized carbons (Fsp3) is 0.143. The molecule has 0 atom stereocenters. The molecule has 2 N–H and O–H groups in total. The maximum absolute atomic E-state index is 13.6. The van der Waals surface area contributed by atoms with E-state index in [1.54, 1.807) is 30.6 Å². The number of nitrogens with zero attached hydrogens (tertiary/aromatic N) is 2. The second-order valence-electron chi connectivity index (χ2n) is 3.60. The molecule has 2 aromatic rings. The zero-order chi connectivity index (χ0) is 13.5. The van der Waals surface area contributed by atoms with Crippen LogP contribution in [0.2, 0.25) is 0 Å². The third kappa shape index (κ3) is 3.76. The fourth-order valence-electron chi connectivity index (χ4n) is 1.39. The molecule has 0 aliphatic carbocycles. The zero-order valence-electron chi connectivity index (χ0n) is 10.1. The zero-order valence-corrected chi connectivity index (χ0v) is 10.1. The van der Waals surface area contributed by atoms with Crippen LogP contribution in [-0.2, 0) is 6.61 Å². The van der Waals surface area contributed by atoms with Gasteiger partial charge in [-0.1, -0.05) is 11.8 Å². The molecular weight excluding hydrogens is 245 g/mol. The van der Waals surface area contributed by atoms with Gasteiger partial charge in [0.1, 0.15) is 18.2 Å². The van der Waals surface area contributed by atoms with Gasteiger partial charge in [0.25, 0.3) is 0 Å². The van der Waals surface area contributed by atoms with Gasteiger partial charge in [-0.15, -0.1) is 0 Å². The van der Waals surface area contributed by atoms with E-state index in [9.17, 15) is 4.39 Å². The fourth-order valence-corrected chi connectivity index (χ4v) is 1.39. The smallest absolute Gasteiger partial charge is 0.166 e. The van der Waals surface area contributed by atoms with Crippen molar-refractivity contribution in [1.29, 1.82) is 0 Å². The van der Waals surface area contributed by atoms with Crippen LogP contribution in [0, 0.1) is 17.7 Å². The summed E-state index contributed by atoms with van der Waals surface area (Å²) >= 11 is 0. The highest BCUT2D eigenvalue weighted by Crippen LogP contribution is 2.16. The quantitative estimate of drug-likeness (QED) is 0.847. The van der Waals surface area contributed by atoms with Gasteiger partial charge in [-0.05, 0) is 18.2 Å².